The van der Waals surface area contributed by atoms with Gasteiger partial charge in [0.25, 0.3) is 0 Å². The molecule has 0 fully saturated rings. The molecule has 0 spiro atoms. The van der Waals surface area contributed by atoms with E-state index in [1.807, 2.05) is 18.2 Å². The Morgan fingerprint density at radius 1 is 1.27 bits per heavy atom. The molecule has 0 radical (unpaired) electrons. The van der Waals surface area contributed by atoms with E-state index in [-0.39, 0.29) is 11.2 Å². The summed E-state index contributed by atoms with van der Waals surface area (Å²) in [6.45, 7) is 0. The van der Waals surface area contributed by atoms with Gasteiger partial charge in [0.05, 0.1) is 11.4 Å². The molecule has 4 rings (SSSR count). The Morgan fingerprint density at radius 3 is 3.09 bits per heavy atom. The summed E-state index contributed by atoms with van der Waals surface area (Å²) in [7, 11) is 0. The number of fused-ring (bicyclic) bond motifs is 2. The highest BCUT2D eigenvalue weighted by molar-refractivity contribution is 8.00. The lowest BCUT2D eigenvalue weighted by atomic mass is 10.1. The molecule has 6 nitrogen and oxygen atoms in total. The number of hydrogen-bond donors (Lipinski definition) is 2. The van der Waals surface area contributed by atoms with Crippen molar-refractivity contribution in [2.45, 2.75) is 23.2 Å². The van der Waals surface area contributed by atoms with E-state index in [0.29, 0.717) is 10.8 Å². The summed E-state index contributed by atoms with van der Waals surface area (Å²) >= 11 is 1.44. The van der Waals surface area contributed by atoms with Gasteiger partial charge in [-0.3, -0.25) is 4.79 Å². The van der Waals surface area contributed by atoms with Crippen LogP contribution in [0, 0.1) is 0 Å². The number of anilines is 1. The van der Waals surface area contributed by atoms with Gasteiger partial charge in [-0.25, -0.2) is 15.0 Å². The topological polar surface area (TPSA) is 83.6 Å². The second-order valence-electron chi connectivity index (χ2n) is 5.09. The molecular formula is C15H13N5OS. The molecule has 1 aliphatic heterocycles. The molecule has 110 valence electrons. The van der Waals surface area contributed by atoms with Crippen LogP contribution >= 0.6 is 11.8 Å². The number of thioether (sulfide) groups is 1. The van der Waals surface area contributed by atoms with Crippen LogP contribution < -0.4 is 5.32 Å². The smallest absolute Gasteiger partial charge is 0.237 e. The average Bonchev–Trinajstić information content (AvgIpc) is 2.87. The Balaban J connectivity index is 1.57. The molecule has 0 saturated heterocycles. The van der Waals surface area contributed by atoms with E-state index in [1.54, 1.807) is 6.20 Å². The van der Waals surface area contributed by atoms with E-state index in [4.69, 9.17) is 0 Å². The number of imidazole rings is 1. The van der Waals surface area contributed by atoms with Crippen LogP contribution in [0.1, 0.15) is 12.0 Å². The fraction of sp³-hybridized carbons (Fsp3) is 0.200. The molecule has 1 aliphatic rings. The number of para-hydroxylation sites is 1. The first kappa shape index (κ1) is 13.3. The fourth-order valence-electron chi connectivity index (χ4n) is 2.53. The van der Waals surface area contributed by atoms with Crippen LogP contribution in [-0.4, -0.2) is 31.1 Å². The Morgan fingerprint density at radius 2 is 2.18 bits per heavy atom. The predicted octanol–water partition coefficient (Wildman–Crippen LogP) is 2.40. The predicted molar refractivity (Wildman–Crippen MR) is 84.7 cm³/mol. The number of hydrogen-bond acceptors (Lipinski definition) is 5. The van der Waals surface area contributed by atoms with Gasteiger partial charge >= 0.3 is 0 Å². The molecule has 1 amide bonds. The van der Waals surface area contributed by atoms with Crippen LogP contribution in [0.2, 0.25) is 0 Å². The maximum Gasteiger partial charge on any atom is 0.237 e. The van der Waals surface area contributed by atoms with Gasteiger partial charge in [0.2, 0.25) is 5.91 Å². The van der Waals surface area contributed by atoms with Gasteiger partial charge in [-0.05, 0) is 24.5 Å². The summed E-state index contributed by atoms with van der Waals surface area (Å²) in [5.74, 6) is 0.0153. The van der Waals surface area contributed by atoms with E-state index >= 15 is 0 Å². The fourth-order valence-corrected chi connectivity index (χ4v) is 3.51. The number of aromatic nitrogens is 4. The third kappa shape index (κ3) is 2.43. The van der Waals surface area contributed by atoms with Crippen molar-refractivity contribution in [2.75, 3.05) is 5.32 Å². The zero-order valence-corrected chi connectivity index (χ0v) is 12.4. The van der Waals surface area contributed by atoms with Crippen molar-refractivity contribution in [1.29, 1.82) is 0 Å². The average molecular weight is 311 g/mol. The SMILES string of the molecule is O=C1Nc2ccccc2CC[C@@H]1Sc1nc2ncncc2[nH]1. The van der Waals surface area contributed by atoms with E-state index < -0.39 is 0 Å². The third-order valence-electron chi connectivity index (χ3n) is 3.64. The minimum atomic E-state index is -0.180. The summed E-state index contributed by atoms with van der Waals surface area (Å²) in [4.78, 5) is 28.0. The summed E-state index contributed by atoms with van der Waals surface area (Å²) in [5.41, 5.74) is 3.48. The first-order valence-corrected chi connectivity index (χ1v) is 7.89. The summed E-state index contributed by atoms with van der Waals surface area (Å²) < 4.78 is 0. The van der Waals surface area contributed by atoms with Crippen LogP contribution in [0.4, 0.5) is 5.69 Å². The summed E-state index contributed by atoms with van der Waals surface area (Å²) in [5, 5.41) is 3.51. The molecule has 22 heavy (non-hydrogen) atoms. The Bertz CT molecular complexity index is 814. The highest BCUT2D eigenvalue weighted by Crippen LogP contribution is 2.30. The molecule has 0 saturated carbocycles. The number of rotatable bonds is 2. The molecule has 3 heterocycles. The summed E-state index contributed by atoms with van der Waals surface area (Å²) in [6.07, 6.45) is 4.79. The van der Waals surface area contributed by atoms with Crippen LogP contribution in [0.25, 0.3) is 11.2 Å². The lowest BCUT2D eigenvalue weighted by Crippen LogP contribution is -2.23. The van der Waals surface area contributed by atoms with Crippen molar-refractivity contribution < 1.29 is 4.79 Å². The molecular weight excluding hydrogens is 298 g/mol. The quantitative estimate of drug-likeness (QED) is 0.759. The van der Waals surface area contributed by atoms with Crippen molar-refractivity contribution in [1.82, 2.24) is 19.9 Å². The normalized spacial score (nSPS) is 17.8. The zero-order valence-electron chi connectivity index (χ0n) is 11.6. The molecule has 0 unspecified atom stereocenters. The van der Waals surface area contributed by atoms with Gasteiger partial charge < -0.3 is 10.3 Å². The number of amides is 1. The number of nitrogens with one attached hydrogen (secondary N) is 2. The van der Waals surface area contributed by atoms with Gasteiger partial charge in [-0.2, -0.15) is 0 Å². The van der Waals surface area contributed by atoms with Crippen LogP contribution in [0.5, 0.6) is 0 Å². The number of aromatic amines is 1. The van der Waals surface area contributed by atoms with Gasteiger partial charge in [0.15, 0.2) is 10.8 Å². The lowest BCUT2D eigenvalue weighted by Gasteiger charge is -2.10. The van der Waals surface area contributed by atoms with E-state index in [9.17, 15) is 4.79 Å². The number of H-pyrrole nitrogens is 1. The molecule has 0 bridgehead atoms. The maximum absolute atomic E-state index is 12.4. The van der Waals surface area contributed by atoms with Gasteiger partial charge in [-0.15, -0.1) is 0 Å². The zero-order chi connectivity index (χ0) is 14.9. The molecule has 7 heteroatoms. The van der Waals surface area contributed by atoms with E-state index in [1.165, 1.54) is 23.7 Å². The largest absolute Gasteiger partial charge is 0.330 e. The minimum Gasteiger partial charge on any atom is -0.330 e. The molecule has 0 aliphatic carbocycles. The second kappa shape index (κ2) is 5.42. The molecule has 1 atom stereocenters. The number of nitrogens with zero attached hydrogens (tertiary/aromatic N) is 3. The van der Waals surface area contributed by atoms with Crippen molar-refractivity contribution in [2.24, 2.45) is 0 Å². The molecule has 2 N–H and O–H groups in total. The van der Waals surface area contributed by atoms with Gasteiger partial charge in [0.1, 0.15) is 11.8 Å². The monoisotopic (exact) mass is 311 g/mol. The lowest BCUT2D eigenvalue weighted by molar-refractivity contribution is -0.115. The number of benzene rings is 1. The Kier molecular flexibility index (Phi) is 3.27. The third-order valence-corrected chi connectivity index (χ3v) is 4.79. The number of carbonyl (C=O) groups is 1. The highest BCUT2D eigenvalue weighted by atomic mass is 32.2. The first-order valence-electron chi connectivity index (χ1n) is 7.01. The molecule has 2 aromatic heterocycles. The standard InChI is InChI=1S/C15H13N5OS/c21-14-12(6-5-9-3-1-2-4-10(9)18-14)22-15-19-11-7-16-8-17-13(11)20-15/h1-4,7-8,12H,5-6H2,(H,18,21)(H,16,17,19,20)/t12-/m0/s1. The Labute approximate surface area is 130 Å². The first-order chi connectivity index (χ1) is 10.8. The maximum atomic E-state index is 12.4. The van der Waals surface area contributed by atoms with Crippen LogP contribution in [0.3, 0.4) is 0 Å². The molecule has 1 aromatic carbocycles. The molecule has 3 aromatic rings. The Hall–Kier alpha value is -2.41. The number of aryl methyl sites for hydroxylation is 1. The van der Waals surface area contributed by atoms with E-state index in [0.717, 1.165) is 24.0 Å². The second-order valence-corrected chi connectivity index (χ2v) is 6.28. The summed E-state index contributed by atoms with van der Waals surface area (Å²) in [6, 6.07) is 7.93. The van der Waals surface area contributed by atoms with Crippen molar-refractivity contribution in [3.8, 4) is 0 Å². The minimum absolute atomic E-state index is 0.0153. The highest BCUT2D eigenvalue weighted by Gasteiger charge is 2.25. The van der Waals surface area contributed by atoms with Crippen molar-refractivity contribution in [3.63, 3.8) is 0 Å². The van der Waals surface area contributed by atoms with Crippen LogP contribution in [-0.2, 0) is 11.2 Å². The van der Waals surface area contributed by atoms with E-state index in [2.05, 4.69) is 31.3 Å². The van der Waals surface area contributed by atoms with Crippen molar-refractivity contribution >= 4 is 34.5 Å². The van der Waals surface area contributed by atoms with Crippen LogP contribution in [0.15, 0.2) is 41.9 Å². The number of carbonyl (C=O) groups excluding carboxylic acids is 1. The van der Waals surface area contributed by atoms with Gasteiger partial charge in [0, 0.05) is 5.69 Å². The van der Waals surface area contributed by atoms with Crippen molar-refractivity contribution in [3.05, 3.63) is 42.4 Å². The van der Waals surface area contributed by atoms with Gasteiger partial charge in [-0.1, -0.05) is 30.0 Å².